The number of non-ortho nitro benzene ring substituents is 1. The Morgan fingerprint density at radius 1 is 1.09 bits per heavy atom. The molecule has 0 bridgehead atoms. The number of aliphatic hydroxyl groups is 1. The van der Waals surface area contributed by atoms with Gasteiger partial charge in [0.2, 0.25) is 0 Å². The van der Waals surface area contributed by atoms with Crippen molar-refractivity contribution >= 4 is 23.1 Å². The van der Waals surface area contributed by atoms with E-state index in [1.165, 1.54) is 43.4 Å². The third-order valence-electron chi connectivity index (χ3n) is 5.61. The number of nitro benzene ring substituents is 1. The first kappa shape index (κ1) is 25.7. The van der Waals surface area contributed by atoms with Crippen LogP contribution < -0.4 is 9.47 Å². The Morgan fingerprint density at radius 2 is 1.74 bits per heavy atom. The van der Waals surface area contributed by atoms with Crippen molar-refractivity contribution in [3.05, 3.63) is 69.3 Å². The summed E-state index contributed by atoms with van der Waals surface area (Å²) >= 11 is 0. The number of likely N-dealkylation sites (tertiary alicyclic amines) is 1. The summed E-state index contributed by atoms with van der Waals surface area (Å²) in [6.45, 7) is 4.41. The Labute approximate surface area is 202 Å². The highest BCUT2D eigenvalue weighted by Crippen LogP contribution is 2.42. The number of nitrogens with zero attached hydrogens (tertiary/aromatic N) is 2. The highest BCUT2D eigenvalue weighted by molar-refractivity contribution is 6.46. The molecule has 10 nitrogen and oxygen atoms in total. The quantitative estimate of drug-likeness (QED) is 0.134. The van der Waals surface area contributed by atoms with Crippen LogP contribution in [0, 0.1) is 10.1 Å². The number of ether oxygens (including phenoxy) is 3. The first-order valence-corrected chi connectivity index (χ1v) is 11.1. The largest absolute Gasteiger partial charge is 0.507 e. The van der Waals surface area contributed by atoms with Gasteiger partial charge in [-0.1, -0.05) is 6.07 Å². The van der Waals surface area contributed by atoms with Crippen LogP contribution in [0.15, 0.2) is 48.0 Å². The van der Waals surface area contributed by atoms with Crippen molar-refractivity contribution in [1.29, 1.82) is 0 Å². The molecule has 0 saturated carbocycles. The highest BCUT2D eigenvalue weighted by atomic mass is 16.6. The Morgan fingerprint density at radius 3 is 2.31 bits per heavy atom. The van der Waals surface area contributed by atoms with Gasteiger partial charge in [-0.05, 0) is 50.1 Å². The zero-order valence-electron chi connectivity index (χ0n) is 20.0. The molecule has 2 aromatic carbocycles. The van der Waals surface area contributed by atoms with Gasteiger partial charge in [-0.2, -0.15) is 0 Å². The molecule has 35 heavy (non-hydrogen) atoms. The molecular formula is C25H28N2O8. The predicted molar refractivity (Wildman–Crippen MR) is 127 cm³/mol. The van der Waals surface area contributed by atoms with Crippen LogP contribution in [0.3, 0.4) is 0 Å². The Hall–Kier alpha value is -3.92. The third kappa shape index (κ3) is 5.43. The number of carbonyl (C=O) groups excluding carboxylic acids is 2. The van der Waals surface area contributed by atoms with Crippen LogP contribution in [0.2, 0.25) is 0 Å². The van der Waals surface area contributed by atoms with Crippen molar-refractivity contribution in [1.82, 2.24) is 4.90 Å². The molecule has 1 N–H and O–H groups in total. The molecule has 0 spiro atoms. The minimum Gasteiger partial charge on any atom is -0.507 e. The molecule has 1 atom stereocenters. The fourth-order valence-electron chi connectivity index (χ4n) is 3.93. The zero-order chi connectivity index (χ0) is 25.7. The number of aliphatic hydroxyl groups excluding tert-OH is 1. The molecule has 2 aromatic rings. The molecule has 0 aliphatic carbocycles. The number of benzene rings is 2. The van der Waals surface area contributed by atoms with Crippen molar-refractivity contribution < 1.29 is 33.8 Å². The van der Waals surface area contributed by atoms with E-state index in [1.54, 1.807) is 18.2 Å². The average molecular weight is 485 g/mol. The molecule has 0 aromatic heterocycles. The minimum atomic E-state index is -0.899. The lowest BCUT2D eigenvalue weighted by Gasteiger charge is -2.26. The number of hydrogen-bond acceptors (Lipinski definition) is 8. The number of methoxy groups -OCH3 is 2. The summed E-state index contributed by atoms with van der Waals surface area (Å²) in [4.78, 5) is 37.9. The first-order valence-electron chi connectivity index (χ1n) is 11.1. The normalized spacial score (nSPS) is 17.2. The van der Waals surface area contributed by atoms with Gasteiger partial charge >= 0.3 is 0 Å². The maximum atomic E-state index is 13.1. The van der Waals surface area contributed by atoms with E-state index >= 15 is 0 Å². The minimum absolute atomic E-state index is 0.0224. The van der Waals surface area contributed by atoms with E-state index in [4.69, 9.17) is 14.2 Å². The number of rotatable bonds is 10. The number of ketones is 1. The summed E-state index contributed by atoms with van der Waals surface area (Å²) in [5.74, 6) is -1.15. The van der Waals surface area contributed by atoms with Crippen molar-refractivity contribution in [2.45, 2.75) is 32.4 Å². The van der Waals surface area contributed by atoms with Gasteiger partial charge in [-0.15, -0.1) is 0 Å². The number of Topliss-reactive ketones (excluding diaryl/α,β-unsaturated/α-hetero) is 1. The number of amides is 1. The molecule has 1 amide bonds. The molecule has 0 unspecified atom stereocenters. The van der Waals surface area contributed by atoms with Gasteiger partial charge in [0.25, 0.3) is 17.4 Å². The topological polar surface area (TPSA) is 128 Å². The molecule has 10 heteroatoms. The van der Waals surface area contributed by atoms with Crippen LogP contribution in [-0.2, 0) is 14.3 Å². The van der Waals surface area contributed by atoms with E-state index in [-0.39, 0.29) is 29.5 Å². The van der Waals surface area contributed by atoms with Gasteiger partial charge in [0.1, 0.15) is 5.76 Å². The maximum absolute atomic E-state index is 13.1. The average Bonchev–Trinajstić information content (AvgIpc) is 3.10. The van der Waals surface area contributed by atoms with Gasteiger partial charge in [-0.3, -0.25) is 19.7 Å². The molecule has 186 valence electrons. The fraction of sp³-hybridized carbons (Fsp3) is 0.360. The summed E-state index contributed by atoms with van der Waals surface area (Å²) in [6.07, 6.45) is 0.501. The first-order chi connectivity index (χ1) is 16.7. The van der Waals surface area contributed by atoms with Gasteiger partial charge in [-0.25, -0.2) is 0 Å². The van der Waals surface area contributed by atoms with Crippen LogP contribution >= 0.6 is 0 Å². The van der Waals surface area contributed by atoms with Crippen LogP contribution in [0.4, 0.5) is 5.69 Å². The van der Waals surface area contributed by atoms with Crippen molar-refractivity contribution in [3.8, 4) is 11.5 Å². The van der Waals surface area contributed by atoms with E-state index in [2.05, 4.69) is 0 Å². The number of hydrogen-bond donors (Lipinski definition) is 1. The summed E-state index contributed by atoms with van der Waals surface area (Å²) in [5, 5.41) is 22.1. The fourth-order valence-corrected chi connectivity index (χ4v) is 3.93. The second kappa shape index (κ2) is 11.0. The molecule has 0 radical (unpaired) electrons. The van der Waals surface area contributed by atoms with Gasteiger partial charge in [0.05, 0.1) is 36.9 Å². The van der Waals surface area contributed by atoms with Gasteiger partial charge in [0.15, 0.2) is 11.5 Å². The molecule has 3 rings (SSSR count). The van der Waals surface area contributed by atoms with E-state index in [0.29, 0.717) is 30.1 Å². The lowest BCUT2D eigenvalue weighted by atomic mass is 9.95. The van der Waals surface area contributed by atoms with Crippen LogP contribution in [0.1, 0.15) is 37.4 Å². The predicted octanol–water partition coefficient (Wildman–Crippen LogP) is 3.85. The Balaban J connectivity index is 2.09. The highest BCUT2D eigenvalue weighted by Gasteiger charge is 2.46. The van der Waals surface area contributed by atoms with E-state index in [9.17, 15) is 24.8 Å². The van der Waals surface area contributed by atoms with Crippen molar-refractivity contribution in [3.63, 3.8) is 0 Å². The summed E-state index contributed by atoms with van der Waals surface area (Å²) in [7, 11) is 2.96. The standard InChI is InChI=1S/C25H28N2O8/c1-15(2)35-13-5-12-26-22(17-8-11-19(33-3)20(14-17)34-4)21(24(29)25(26)30)23(28)16-6-9-18(10-7-16)27(31)32/h6-11,14-15,22,28H,5,12-13H2,1-4H3/t22-/m0/s1. The number of carbonyl (C=O) groups is 2. The molecule has 1 aliphatic heterocycles. The van der Waals surface area contributed by atoms with Gasteiger partial charge in [0, 0.05) is 30.8 Å². The van der Waals surface area contributed by atoms with Crippen LogP contribution in [0.5, 0.6) is 11.5 Å². The zero-order valence-corrected chi connectivity index (χ0v) is 20.0. The summed E-state index contributed by atoms with van der Waals surface area (Å²) < 4.78 is 16.3. The molecule has 1 fully saturated rings. The smallest absolute Gasteiger partial charge is 0.295 e. The second-order valence-electron chi connectivity index (χ2n) is 8.18. The molecule has 1 saturated heterocycles. The molecule has 1 heterocycles. The summed E-state index contributed by atoms with van der Waals surface area (Å²) in [6, 6.07) is 9.21. The lowest BCUT2D eigenvalue weighted by Crippen LogP contribution is -2.31. The second-order valence-corrected chi connectivity index (χ2v) is 8.18. The van der Waals surface area contributed by atoms with E-state index < -0.39 is 28.4 Å². The van der Waals surface area contributed by atoms with E-state index in [0.717, 1.165) is 0 Å². The molecule has 1 aliphatic rings. The maximum Gasteiger partial charge on any atom is 0.295 e. The van der Waals surface area contributed by atoms with Gasteiger partial charge < -0.3 is 24.2 Å². The van der Waals surface area contributed by atoms with E-state index in [1.807, 2.05) is 13.8 Å². The van der Waals surface area contributed by atoms with Crippen molar-refractivity contribution in [2.75, 3.05) is 27.4 Å². The summed E-state index contributed by atoms with van der Waals surface area (Å²) in [5.41, 5.74) is 0.446. The monoisotopic (exact) mass is 484 g/mol. The lowest BCUT2D eigenvalue weighted by molar-refractivity contribution is -0.384. The van der Waals surface area contributed by atoms with Crippen molar-refractivity contribution in [2.24, 2.45) is 0 Å². The molecular weight excluding hydrogens is 456 g/mol. The Kier molecular flexibility index (Phi) is 8.08. The Bertz CT molecular complexity index is 1140. The van der Waals surface area contributed by atoms with Crippen LogP contribution in [0.25, 0.3) is 5.76 Å². The van der Waals surface area contributed by atoms with Crippen LogP contribution in [-0.4, -0.2) is 60.1 Å². The SMILES string of the molecule is COc1ccc([C@H]2C(=C(O)c3ccc([N+](=O)[O-])cc3)C(=O)C(=O)N2CCCOC(C)C)cc1OC. The third-order valence-corrected chi connectivity index (χ3v) is 5.61. The number of nitro groups is 1.